The molecule has 174 valence electrons. The molecule has 1 aliphatic heterocycles. The van der Waals surface area contributed by atoms with E-state index in [0.717, 1.165) is 30.4 Å². The second-order valence-electron chi connectivity index (χ2n) is 9.77. The van der Waals surface area contributed by atoms with Crippen LogP contribution >= 0.6 is 11.3 Å². The van der Waals surface area contributed by atoms with Crippen molar-refractivity contribution in [2.24, 2.45) is 5.92 Å². The van der Waals surface area contributed by atoms with E-state index in [1.807, 2.05) is 22.9 Å². The molecule has 4 atom stereocenters. The molecule has 2 aliphatic rings. The number of nitriles is 1. The SMILES string of the molecule is CC(C)(C)OC(=O)N1C2CCC(C2)C1C(=O)NC(C#N)Cc1ccc(-c2ccsc2)cc1F. The number of benzene rings is 1. The summed E-state index contributed by atoms with van der Waals surface area (Å²) in [7, 11) is 0. The van der Waals surface area contributed by atoms with Crippen molar-refractivity contribution >= 4 is 23.3 Å². The van der Waals surface area contributed by atoms with Crippen molar-refractivity contribution in [1.82, 2.24) is 10.2 Å². The van der Waals surface area contributed by atoms with E-state index in [2.05, 4.69) is 11.4 Å². The molecule has 2 heterocycles. The monoisotopic (exact) mass is 469 g/mol. The Morgan fingerprint density at radius 2 is 2.09 bits per heavy atom. The standard InChI is InChI=1S/C25H28FN3O3S/c1-25(2,3)32-24(31)29-20-7-6-17(11-20)22(29)23(30)28-19(13-27)10-16-5-4-15(12-21(16)26)18-8-9-33-14-18/h4-5,8-9,12,14,17,19-20,22H,6-7,10-11H2,1-3H3,(H,28,30). The van der Waals surface area contributed by atoms with Gasteiger partial charge in [-0.15, -0.1) is 0 Å². The summed E-state index contributed by atoms with van der Waals surface area (Å²) < 4.78 is 20.3. The van der Waals surface area contributed by atoms with E-state index in [-0.39, 0.29) is 24.3 Å². The molecule has 0 radical (unpaired) electrons. The Bertz CT molecular complexity index is 1070. The lowest BCUT2D eigenvalue weighted by Crippen LogP contribution is -2.55. The van der Waals surface area contributed by atoms with Gasteiger partial charge in [0.2, 0.25) is 5.91 Å². The molecule has 1 aromatic heterocycles. The van der Waals surface area contributed by atoms with Crippen LogP contribution in [0.2, 0.25) is 0 Å². The Morgan fingerprint density at radius 3 is 2.73 bits per heavy atom. The van der Waals surface area contributed by atoms with Crippen molar-refractivity contribution in [3.05, 3.63) is 46.4 Å². The Hall–Kier alpha value is -2.92. The molecule has 2 aromatic rings. The molecule has 33 heavy (non-hydrogen) atoms. The molecule has 8 heteroatoms. The van der Waals surface area contributed by atoms with E-state index in [1.54, 1.807) is 31.7 Å². The van der Waals surface area contributed by atoms with Gasteiger partial charge in [-0.05, 0) is 85.5 Å². The second kappa shape index (κ2) is 9.14. The van der Waals surface area contributed by atoms with Crippen LogP contribution in [0.5, 0.6) is 0 Å². The van der Waals surface area contributed by atoms with Crippen LogP contribution in [-0.2, 0) is 16.0 Å². The van der Waals surface area contributed by atoms with Gasteiger partial charge in [0, 0.05) is 12.5 Å². The summed E-state index contributed by atoms with van der Waals surface area (Å²) >= 11 is 1.54. The maximum atomic E-state index is 14.7. The number of amides is 2. The third-order valence-corrected chi connectivity index (χ3v) is 6.95. The summed E-state index contributed by atoms with van der Waals surface area (Å²) in [6, 6.07) is 7.32. The Labute approximate surface area is 197 Å². The highest BCUT2D eigenvalue weighted by atomic mass is 32.1. The zero-order chi connectivity index (χ0) is 23.8. The lowest BCUT2D eigenvalue weighted by atomic mass is 9.97. The van der Waals surface area contributed by atoms with E-state index in [4.69, 9.17) is 4.74 Å². The first-order valence-corrected chi connectivity index (χ1v) is 12.1. The molecule has 2 amide bonds. The van der Waals surface area contributed by atoms with Gasteiger partial charge < -0.3 is 10.1 Å². The van der Waals surface area contributed by atoms with E-state index in [1.165, 1.54) is 17.4 Å². The molecule has 1 N–H and O–H groups in total. The van der Waals surface area contributed by atoms with Gasteiger partial charge in [0.1, 0.15) is 23.5 Å². The molecule has 1 aliphatic carbocycles. The van der Waals surface area contributed by atoms with E-state index in [9.17, 15) is 19.2 Å². The molecule has 2 bridgehead atoms. The molecule has 4 unspecified atom stereocenters. The number of hydrogen-bond acceptors (Lipinski definition) is 5. The first-order valence-electron chi connectivity index (χ1n) is 11.2. The molecule has 2 fully saturated rings. The number of carbonyl (C=O) groups excluding carboxylic acids is 2. The number of rotatable bonds is 5. The van der Waals surface area contributed by atoms with E-state index >= 15 is 0 Å². The van der Waals surface area contributed by atoms with Crippen molar-refractivity contribution in [3.8, 4) is 17.2 Å². The van der Waals surface area contributed by atoms with Crippen molar-refractivity contribution < 1.29 is 18.7 Å². The van der Waals surface area contributed by atoms with Crippen molar-refractivity contribution in [1.29, 1.82) is 5.26 Å². The first-order chi connectivity index (χ1) is 15.7. The normalized spacial score (nSPS) is 22.6. The summed E-state index contributed by atoms with van der Waals surface area (Å²) in [5.74, 6) is -0.748. The number of likely N-dealkylation sites (tertiary alicyclic amines) is 1. The van der Waals surface area contributed by atoms with Gasteiger partial charge >= 0.3 is 6.09 Å². The van der Waals surface area contributed by atoms with Crippen molar-refractivity contribution in [2.75, 3.05) is 0 Å². The summed E-state index contributed by atoms with van der Waals surface area (Å²) in [5, 5.41) is 16.3. The maximum absolute atomic E-state index is 14.7. The van der Waals surface area contributed by atoms with Crippen LogP contribution in [0.15, 0.2) is 35.0 Å². The highest BCUT2D eigenvalue weighted by molar-refractivity contribution is 7.08. The van der Waals surface area contributed by atoms with Crippen molar-refractivity contribution in [3.63, 3.8) is 0 Å². The fraction of sp³-hybridized carbons (Fsp3) is 0.480. The minimum atomic E-state index is -0.904. The summed E-state index contributed by atoms with van der Waals surface area (Å²) in [4.78, 5) is 27.5. The van der Waals surface area contributed by atoms with Gasteiger partial charge in [-0.2, -0.15) is 16.6 Å². The van der Waals surface area contributed by atoms with Crippen LogP contribution < -0.4 is 5.32 Å². The Morgan fingerprint density at radius 1 is 1.30 bits per heavy atom. The van der Waals surface area contributed by atoms with Crippen molar-refractivity contribution in [2.45, 2.75) is 70.2 Å². The van der Waals surface area contributed by atoms with Gasteiger partial charge in [-0.1, -0.05) is 12.1 Å². The topological polar surface area (TPSA) is 82.4 Å². The van der Waals surface area contributed by atoms with Crippen LogP contribution in [0.1, 0.15) is 45.6 Å². The number of piperidine rings is 1. The number of carbonyl (C=O) groups is 2. The molecule has 1 saturated carbocycles. The van der Waals surface area contributed by atoms with Gasteiger partial charge in [-0.25, -0.2) is 9.18 Å². The lowest BCUT2D eigenvalue weighted by molar-refractivity contribution is -0.128. The zero-order valence-corrected chi connectivity index (χ0v) is 19.8. The number of hydrogen-bond donors (Lipinski definition) is 1. The summed E-state index contributed by atoms with van der Waals surface area (Å²) in [6.07, 6.45) is 2.01. The number of nitrogens with one attached hydrogen (secondary N) is 1. The van der Waals surface area contributed by atoms with Gasteiger partial charge in [-0.3, -0.25) is 9.69 Å². The number of thiophene rings is 1. The van der Waals surface area contributed by atoms with Gasteiger partial charge in [0.25, 0.3) is 0 Å². The fourth-order valence-corrected chi connectivity index (χ4v) is 5.50. The first kappa shape index (κ1) is 23.2. The summed E-state index contributed by atoms with van der Waals surface area (Å²) in [6.45, 7) is 5.37. The third-order valence-electron chi connectivity index (χ3n) is 6.26. The smallest absolute Gasteiger partial charge is 0.411 e. The highest BCUT2D eigenvalue weighted by Crippen LogP contribution is 2.43. The predicted molar refractivity (Wildman–Crippen MR) is 124 cm³/mol. The third kappa shape index (κ3) is 5.03. The van der Waals surface area contributed by atoms with Crippen LogP contribution in [0.4, 0.5) is 9.18 Å². The van der Waals surface area contributed by atoms with E-state index in [0.29, 0.717) is 5.56 Å². The molecular weight excluding hydrogens is 441 g/mol. The number of fused-ring (bicyclic) bond motifs is 2. The highest BCUT2D eigenvalue weighted by Gasteiger charge is 2.52. The van der Waals surface area contributed by atoms with Crippen LogP contribution in [0.3, 0.4) is 0 Å². The largest absolute Gasteiger partial charge is 0.444 e. The van der Waals surface area contributed by atoms with Crippen LogP contribution in [-0.4, -0.2) is 40.6 Å². The van der Waals surface area contributed by atoms with E-state index < -0.39 is 29.6 Å². The Balaban J connectivity index is 1.45. The van der Waals surface area contributed by atoms with Crippen LogP contribution in [0, 0.1) is 23.1 Å². The number of halogens is 1. The number of ether oxygens (including phenoxy) is 1. The molecule has 1 aromatic carbocycles. The van der Waals surface area contributed by atoms with Crippen LogP contribution in [0.25, 0.3) is 11.1 Å². The molecule has 6 nitrogen and oxygen atoms in total. The molecule has 1 saturated heterocycles. The molecular formula is C25H28FN3O3S. The zero-order valence-electron chi connectivity index (χ0n) is 19.0. The lowest BCUT2D eigenvalue weighted by Gasteiger charge is -2.35. The average molecular weight is 470 g/mol. The molecule has 4 rings (SSSR count). The minimum Gasteiger partial charge on any atom is -0.444 e. The van der Waals surface area contributed by atoms with Gasteiger partial charge in [0.05, 0.1) is 6.07 Å². The number of nitrogens with zero attached hydrogens (tertiary/aromatic N) is 2. The molecule has 0 spiro atoms. The summed E-state index contributed by atoms with van der Waals surface area (Å²) in [5.41, 5.74) is 1.40. The van der Waals surface area contributed by atoms with Gasteiger partial charge in [0.15, 0.2) is 0 Å². The predicted octanol–water partition coefficient (Wildman–Crippen LogP) is 4.89. The quantitative estimate of drug-likeness (QED) is 0.676. The second-order valence-corrected chi connectivity index (χ2v) is 10.6. The minimum absolute atomic E-state index is 0.0248. The maximum Gasteiger partial charge on any atom is 0.411 e. The Kier molecular flexibility index (Phi) is 6.44. The average Bonchev–Trinajstić information content (AvgIpc) is 3.50. The fourth-order valence-electron chi connectivity index (χ4n) is 4.83.